The smallest absolute Gasteiger partial charge is 0.341 e. The first-order chi connectivity index (χ1) is 19.9. The Morgan fingerprint density at radius 2 is 1.93 bits per heavy atom. The van der Waals surface area contributed by atoms with Gasteiger partial charge in [0.2, 0.25) is 5.91 Å². The van der Waals surface area contributed by atoms with Crippen LogP contribution in [-0.4, -0.2) is 49.8 Å². The number of rotatable bonds is 10. The number of fused-ring (bicyclic) bond motifs is 1. The Bertz CT molecular complexity index is 1490. The number of nitro groups is 1. The van der Waals surface area contributed by atoms with Crippen LogP contribution in [0.15, 0.2) is 29.4 Å². The van der Waals surface area contributed by atoms with Gasteiger partial charge in [-0.25, -0.2) is 4.79 Å². The van der Waals surface area contributed by atoms with Crippen molar-refractivity contribution in [2.75, 3.05) is 17.7 Å². The van der Waals surface area contributed by atoms with Gasteiger partial charge in [0.25, 0.3) is 11.6 Å². The fraction of sp³-hybridized carbons (Fsp3) is 0.464. The lowest BCUT2D eigenvalue weighted by molar-refractivity contribution is -0.384. The zero-order valence-electron chi connectivity index (χ0n) is 24.2. The van der Waals surface area contributed by atoms with E-state index in [1.807, 2.05) is 0 Å². The van der Waals surface area contributed by atoms with Gasteiger partial charge in [-0.2, -0.15) is 0 Å². The molecule has 0 radical (unpaired) electrons. The van der Waals surface area contributed by atoms with Crippen LogP contribution in [0.4, 0.5) is 10.7 Å². The second-order valence-corrected chi connectivity index (χ2v) is 13.1. The minimum absolute atomic E-state index is 0.0383. The highest BCUT2D eigenvalue weighted by Crippen LogP contribution is 2.44. The third-order valence-electron chi connectivity index (χ3n) is 7.23. The molecular weight excluding hydrogens is 580 g/mol. The van der Waals surface area contributed by atoms with Crippen molar-refractivity contribution in [3.05, 3.63) is 61.8 Å². The first-order valence-corrected chi connectivity index (χ1v) is 15.3. The highest BCUT2D eigenvalue weighted by atomic mass is 32.2. The number of thiophene rings is 1. The van der Waals surface area contributed by atoms with Crippen molar-refractivity contribution in [3.8, 4) is 0 Å². The van der Waals surface area contributed by atoms with E-state index in [-0.39, 0.29) is 41.5 Å². The summed E-state index contributed by atoms with van der Waals surface area (Å²) in [4.78, 5) is 49.7. The van der Waals surface area contributed by atoms with E-state index in [0.717, 1.165) is 29.7 Å². The SMILES string of the molecule is CCOC(=O)c1c(NC(=O)CSc2nnc(CNC(=O)c3ccc([N+](=O)[O-])cc3)n2C)sc2c1CCC(C(C)(C)C)C2. The molecule has 2 amide bonds. The van der Waals surface area contributed by atoms with E-state index in [1.165, 1.54) is 47.4 Å². The molecule has 0 aliphatic heterocycles. The molecule has 0 fully saturated rings. The average Bonchev–Trinajstić information content (AvgIpc) is 3.48. The molecule has 0 saturated heterocycles. The summed E-state index contributed by atoms with van der Waals surface area (Å²) in [6, 6.07) is 5.29. The summed E-state index contributed by atoms with van der Waals surface area (Å²) in [5.74, 6) is -0.116. The molecule has 1 atom stereocenters. The minimum atomic E-state index is -0.532. The maximum Gasteiger partial charge on any atom is 0.341 e. The van der Waals surface area contributed by atoms with Crippen molar-refractivity contribution in [1.82, 2.24) is 20.1 Å². The van der Waals surface area contributed by atoms with Gasteiger partial charge < -0.3 is 19.9 Å². The fourth-order valence-electron chi connectivity index (χ4n) is 4.75. The molecule has 224 valence electrons. The van der Waals surface area contributed by atoms with Gasteiger partial charge in [-0.1, -0.05) is 32.5 Å². The molecule has 1 aliphatic carbocycles. The number of hydrogen-bond acceptors (Lipinski definition) is 10. The second-order valence-electron chi connectivity index (χ2n) is 11.0. The first-order valence-electron chi connectivity index (χ1n) is 13.5. The monoisotopic (exact) mass is 614 g/mol. The molecule has 4 rings (SSSR count). The minimum Gasteiger partial charge on any atom is -0.462 e. The van der Waals surface area contributed by atoms with Crippen LogP contribution in [-0.2, 0) is 36.0 Å². The summed E-state index contributed by atoms with van der Waals surface area (Å²) in [5.41, 5.74) is 1.77. The summed E-state index contributed by atoms with van der Waals surface area (Å²) >= 11 is 2.64. The summed E-state index contributed by atoms with van der Waals surface area (Å²) in [6.45, 7) is 8.77. The number of carbonyl (C=O) groups is 3. The van der Waals surface area contributed by atoms with Crippen molar-refractivity contribution in [1.29, 1.82) is 0 Å². The highest BCUT2D eigenvalue weighted by molar-refractivity contribution is 7.99. The number of esters is 1. The zero-order valence-corrected chi connectivity index (χ0v) is 25.8. The van der Waals surface area contributed by atoms with Gasteiger partial charge in [-0.15, -0.1) is 21.5 Å². The van der Waals surface area contributed by atoms with E-state index in [1.54, 1.807) is 18.5 Å². The third-order valence-corrected chi connectivity index (χ3v) is 9.42. The predicted octanol–water partition coefficient (Wildman–Crippen LogP) is 4.77. The number of aromatic nitrogens is 3. The van der Waals surface area contributed by atoms with Crippen LogP contribution in [0.2, 0.25) is 0 Å². The lowest BCUT2D eigenvalue weighted by Crippen LogP contribution is -2.26. The Balaban J connectivity index is 1.37. The van der Waals surface area contributed by atoms with Crippen LogP contribution in [0, 0.1) is 21.4 Å². The van der Waals surface area contributed by atoms with Crippen molar-refractivity contribution in [3.63, 3.8) is 0 Å². The van der Waals surface area contributed by atoms with E-state index in [9.17, 15) is 24.5 Å². The Kier molecular flexibility index (Phi) is 9.67. The van der Waals surface area contributed by atoms with E-state index < -0.39 is 16.8 Å². The Hall–Kier alpha value is -3.78. The van der Waals surface area contributed by atoms with Crippen LogP contribution >= 0.6 is 23.1 Å². The number of nitrogens with zero attached hydrogens (tertiary/aromatic N) is 4. The number of carbonyl (C=O) groups excluding carboxylic acids is 3. The molecule has 2 aromatic heterocycles. The lowest BCUT2D eigenvalue weighted by atomic mass is 9.72. The summed E-state index contributed by atoms with van der Waals surface area (Å²) < 4.78 is 7.01. The van der Waals surface area contributed by atoms with Gasteiger partial charge in [0.05, 0.1) is 29.4 Å². The molecule has 0 spiro atoms. The molecule has 3 aromatic rings. The van der Waals surface area contributed by atoms with Gasteiger partial charge in [-0.3, -0.25) is 19.7 Å². The van der Waals surface area contributed by atoms with Crippen LogP contribution in [0.3, 0.4) is 0 Å². The zero-order chi connectivity index (χ0) is 30.6. The molecule has 42 heavy (non-hydrogen) atoms. The molecule has 2 N–H and O–H groups in total. The Labute approximate surface area is 251 Å². The fourth-order valence-corrected chi connectivity index (χ4v) is 6.81. The van der Waals surface area contributed by atoms with E-state index in [4.69, 9.17) is 4.74 Å². The quantitative estimate of drug-likeness (QED) is 0.142. The van der Waals surface area contributed by atoms with Crippen LogP contribution in [0.1, 0.15) is 71.1 Å². The van der Waals surface area contributed by atoms with Crippen LogP contribution < -0.4 is 10.6 Å². The number of nitro benzene ring substituents is 1. The van der Waals surface area contributed by atoms with E-state index >= 15 is 0 Å². The van der Waals surface area contributed by atoms with Crippen molar-refractivity contribution in [2.24, 2.45) is 18.4 Å². The number of non-ortho nitro benzene ring substituents is 1. The van der Waals surface area contributed by atoms with Gasteiger partial charge in [0.1, 0.15) is 5.00 Å². The molecule has 1 aromatic carbocycles. The average molecular weight is 615 g/mol. The molecule has 2 heterocycles. The number of benzene rings is 1. The topological polar surface area (TPSA) is 158 Å². The van der Waals surface area contributed by atoms with Gasteiger partial charge in [0, 0.05) is 29.6 Å². The van der Waals surface area contributed by atoms with E-state index in [2.05, 4.69) is 41.6 Å². The number of hydrogen-bond donors (Lipinski definition) is 2. The number of anilines is 1. The maximum atomic E-state index is 13.0. The third kappa shape index (κ3) is 7.16. The molecule has 14 heteroatoms. The summed E-state index contributed by atoms with van der Waals surface area (Å²) in [5, 5.41) is 25.7. The first kappa shape index (κ1) is 31.2. The lowest BCUT2D eigenvalue weighted by Gasteiger charge is -2.33. The largest absolute Gasteiger partial charge is 0.462 e. The van der Waals surface area contributed by atoms with Gasteiger partial charge in [-0.05, 0) is 55.2 Å². The molecule has 1 unspecified atom stereocenters. The van der Waals surface area contributed by atoms with Gasteiger partial charge in [0.15, 0.2) is 11.0 Å². The van der Waals surface area contributed by atoms with Crippen molar-refractivity contribution >= 4 is 51.6 Å². The Morgan fingerprint density at radius 3 is 2.57 bits per heavy atom. The molecule has 1 aliphatic rings. The summed E-state index contributed by atoms with van der Waals surface area (Å²) in [7, 11) is 1.73. The second kappa shape index (κ2) is 13.0. The number of thioether (sulfide) groups is 1. The predicted molar refractivity (Wildman–Crippen MR) is 160 cm³/mol. The number of ether oxygens (including phenoxy) is 1. The molecule has 0 saturated carbocycles. The van der Waals surface area contributed by atoms with Crippen molar-refractivity contribution in [2.45, 2.75) is 58.7 Å². The molecule has 12 nitrogen and oxygen atoms in total. The van der Waals surface area contributed by atoms with Gasteiger partial charge >= 0.3 is 5.97 Å². The van der Waals surface area contributed by atoms with E-state index in [0.29, 0.717) is 27.5 Å². The highest BCUT2D eigenvalue weighted by Gasteiger charge is 2.34. The maximum absolute atomic E-state index is 13.0. The van der Waals surface area contributed by atoms with Crippen molar-refractivity contribution < 1.29 is 24.0 Å². The normalized spacial score (nSPS) is 14.6. The molecular formula is C28H34N6O6S2. The van der Waals surface area contributed by atoms with Crippen LogP contribution in [0.25, 0.3) is 0 Å². The number of nitrogens with one attached hydrogen (secondary N) is 2. The summed E-state index contributed by atoms with van der Waals surface area (Å²) in [6.07, 6.45) is 2.61. The standard InChI is InChI=1S/C28H34N6O6S2/c1-6-40-26(37)23-19-12-9-17(28(2,3)4)13-20(19)42-25(23)30-22(35)15-41-27-32-31-21(33(27)5)14-29-24(36)16-7-10-18(11-8-16)34(38)39/h7-8,10-11,17H,6,9,12-15H2,1-5H3,(H,29,36)(H,30,35). The Morgan fingerprint density at radius 1 is 1.21 bits per heavy atom. The molecule has 0 bridgehead atoms. The number of amides is 2. The van der Waals surface area contributed by atoms with Crippen LogP contribution in [0.5, 0.6) is 0 Å².